The normalized spacial score (nSPS) is 19.1. The van der Waals surface area contributed by atoms with E-state index in [1.807, 2.05) is 0 Å². The topological polar surface area (TPSA) is 142 Å². The van der Waals surface area contributed by atoms with Crippen LogP contribution in [0.4, 0.5) is 0 Å². The zero-order valence-corrected chi connectivity index (χ0v) is 28.0. The molecule has 0 radical (unpaired) electrons. The van der Waals surface area contributed by atoms with E-state index >= 15 is 0 Å². The molecule has 1 aliphatic heterocycles. The minimum absolute atomic E-state index is 0.0578. The average molecular weight is 649 g/mol. The summed E-state index contributed by atoms with van der Waals surface area (Å²) in [4.78, 5) is 12.1. The second-order valence-corrected chi connectivity index (χ2v) is 11.4. The summed E-state index contributed by atoms with van der Waals surface area (Å²) in [5.41, 5.74) is 0. The predicted octanol–water partition coefficient (Wildman–Crippen LogP) is 4.13. The summed E-state index contributed by atoms with van der Waals surface area (Å²) >= 11 is 0. The van der Waals surface area contributed by atoms with Gasteiger partial charge >= 0.3 is 5.97 Å². The van der Waals surface area contributed by atoms with Crippen LogP contribution in [0.15, 0.2) is 12.2 Å². The molecule has 0 aromatic carbocycles. The highest BCUT2D eigenvalue weighted by Crippen LogP contribution is 2.25. The van der Waals surface area contributed by atoms with Crippen molar-refractivity contribution in [2.24, 2.45) is 0 Å². The van der Waals surface area contributed by atoms with Crippen LogP contribution in [0.2, 0.25) is 0 Å². The van der Waals surface area contributed by atoms with Crippen LogP contribution in [-0.4, -0.2) is 125 Å². The van der Waals surface area contributed by atoms with Crippen molar-refractivity contribution >= 4 is 5.97 Å². The Labute approximate surface area is 271 Å². The number of allylic oxidation sites excluding steroid dienone is 2. The Morgan fingerprint density at radius 1 is 0.733 bits per heavy atom. The molecule has 266 valence electrons. The van der Waals surface area contributed by atoms with Gasteiger partial charge in [0.05, 0.1) is 72.7 Å². The lowest BCUT2D eigenvalue weighted by Crippen LogP contribution is -2.45. The zero-order valence-electron chi connectivity index (χ0n) is 28.0. The van der Waals surface area contributed by atoms with Crippen LogP contribution in [-0.2, 0) is 38.0 Å². The summed E-state index contributed by atoms with van der Waals surface area (Å²) in [5.74, 6) is -0.219. The minimum Gasteiger partial charge on any atom is -0.463 e. The lowest BCUT2D eigenvalue weighted by Gasteiger charge is -2.29. The molecule has 4 atom stereocenters. The van der Waals surface area contributed by atoms with Gasteiger partial charge in [0.1, 0.15) is 31.0 Å². The molecule has 1 rings (SSSR count). The fourth-order valence-corrected chi connectivity index (χ4v) is 5.15. The van der Waals surface area contributed by atoms with E-state index in [-0.39, 0.29) is 72.0 Å². The molecule has 0 amide bonds. The molecule has 0 aromatic heterocycles. The summed E-state index contributed by atoms with van der Waals surface area (Å²) in [6.07, 6.45) is 18.8. The van der Waals surface area contributed by atoms with Crippen LogP contribution < -0.4 is 0 Å². The van der Waals surface area contributed by atoms with E-state index in [9.17, 15) is 15.0 Å². The predicted molar refractivity (Wildman–Crippen MR) is 172 cm³/mol. The van der Waals surface area contributed by atoms with Crippen molar-refractivity contribution in [3.05, 3.63) is 12.2 Å². The largest absolute Gasteiger partial charge is 0.463 e. The number of hydrogen-bond acceptors (Lipinski definition) is 11. The smallest absolute Gasteiger partial charge is 0.305 e. The average Bonchev–Trinajstić information content (AvgIpc) is 3.45. The van der Waals surface area contributed by atoms with Gasteiger partial charge in [-0.2, -0.15) is 0 Å². The Balaban J connectivity index is 2.18. The quantitative estimate of drug-likeness (QED) is 0.0537. The molecule has 0 saturated carbocycles. The molecule has 0 aliphatic carbocycles. The number of rotatable bonds is 33. The van der Waals surface area contributed by atoms with Crippen LogP contribution in [0.25, 0.3) is 0 Å². The van der Waals surface area contributed by atoms with E-state index in [1.54, 1.807) is 0 Å². The summed E-state index contributed by atoms with van der Waals surface area (Å²) in [6.45, 7) is 3.66. The van der Waals surface area contributed by atoms with E-state index in [1.165, 1.54) is 57.8 Å². The molecule has 0 bridgehead atoms. The number of aliphatic hydroxyl groups excluding tert-OH is 3. The third kappa shape index (κ3) is 22.9. The lowest BCUT2D eigenvalue weighted by atomic mass is 10.1. The summed E-state index contributed by atoms with van der Waals surface area (Å²) in [7, 11) is 0. The molecular weight excluding hydrogens is 584 g/mol. The van der Waals surface area contributed by atoms with Crippen molar-refractivity contribution in [1.29, 1.82) is 0 Å². The van der Waals surface area contributed by atoms with Gasteiger partial charge in [0.15, 0.2) is 0 Å². The van der Waals surface area contributed by atoms with Crippen LogP contribution >= 0.6 is 0 Å². The van der Waals surface area contributed by atoms with Crippen molar-refractivity contribution in [3.63, 3.8) is 0 Å². The van der Waals surface area contributed by atoms with Gasteiger partial charge in [-0.3, -0.25) is 4.79 Å². The second kappa shape index (κ2) is 31.4. The maximum atomic E-state index is 12.1. The number of ether oxygens (including phenoxy) is 7. The van der Waals surface area contributed by atoms with Gasteiger partial charge in [-0.1, -0.05) is 70.4 Å². The highest BCUT2D eigenvalue weighted by atomic mass is 16.6. The molecule has 4 unspecified atom stereocenters. The molecule has 45 heavy (non-hydrogen) atoms. The standard InChI is InChI=1S/C34H64O11/c1-2-3-4-5-6-7-8-9-10-11-12-13-14-15-16-17-32(38)43-27-25-40-28-30(41-22-19-36)34-33(44-23-20-37)31(29-45-34)42-26-24-39-21-18-35/h9-10,30-31,33-37H,2-8,11-29H2,1H3/b10-9-. The second-order valence-electron chi connectivity index (χ2n) is 11.4. The first kappa shape index (κ1) is 41.9. The lowest BCUT2D eigenvalue weighted by molar-refractivity contribution is -0.149. The van der Waals surface area contributed by atoms with Crippen molar-refractivity contribution in [2.45, 2.75) is 121 Å². The first-order chi connectivity index (χ1) is 22.2. The molecule has 1 aliphatic rings. The Bertz CT molecular complexity index is 679. The SMILES string of the molecule is CCCCCCCC/C=C\CCCCCCCC(=O)OCCOCC(OCCO)C1OCC(OCCOCCO)C1OCCO. The third-order valence-corrected chi connectivity index (χ3v) is 7.55. The fraction of sp³-hybridized carbons (Fsp3) is 0.912. The number of carbonyl (C=O) groups is 1. The highest BCUT2D eigenvalue weighted by molar-refractivity contribution is 5.69. The van der Waals surface area contributed by atoms with Gasteiger partial charge in [0.2, 0.25) is 0 Å². The number of hydrogen-bond donors (Lipinski definition) is 3. The minimum atomic E-state index is -0.563. The molecule has 3 N–H and O–H groups in total. The zero-order chi connectivity index (χ0) is 32.6. The van der Waals surface area contributed by atoms with Gasteiger partial charge in [0, 0.05) is 6.42 Å². The maximum absolute atomic E-state index is 12.1. The Hall–Kier alpha value is -1.15. The highest BCUT2D eigenvalue weighted by Gasteiger charge is 2.44. The summed E-state index contributed by atoms with van der Waals surface area (Å²) in [6, 6.07) is 0. The van der Waals surface area contributed by atoms with Crippen LogP contribution in [0, 0.1) is 0 Å². The van der Waals surface area contributed by atoms with Crippen molar-refractivity contribution in [1.82, 2.24) is 0 Å². The van der Waals surface area contributed by atoms with Crippen LogP contribution in [0.5, 0.6) is 0 Å². The number of aliphatic hydroxyl groups is 3. The van der Waals surface area contributed by atoms with Crippen molar-refractivity contribution in [2.75, 3.05) is 79.3 Å². The molecule has 11 heteroatoms. The number of unbranched alkanes of at least 4 members (excludes halogenated alkanes) is 11. The van der Waals surface area contributed by atoms with E-state index in [2.05, 4.69) is 19.1 Å². The molecule has 0 aromatic rings. The summed E-state index contributed by atoms with van der Waals surface area (Å²) < 4.78 is 39.7. The fourth-order valence-electron chi connectivity index (χ4n) is 5.15. The monoisotopic (exact) mass is 648 g/mol. The third-order valence-electron chi connectivity index (χ3n) is 7.55. The Morgan fingerprint density at radius 3 is 2.07 bits per heavy atom. The van der Waals surface area contributed by atoms with E-state index in [0.717, 1.165) is 25.7 Å². The molecule has 1 fully saturated rings. The van der Waals surface area contributed by atoms with Gasteiger partial charge in [-0.05, 0) is 32.1 Å². The van der Waals surface area contributed by atoms with E-state index in [4.69, 9.17) is 38.3 Å². The van der Waals surface area contributed by atoms with Gasteiger partial charge in [0.25, 0.3) is 0 Å². The molecule has 1 saturated heterocycles. The molecular formula is C34H64O11. The summed E-state index contributed by atoms with van der Waals surface area (Å²) in [5, 5.41) is 27.4. The Kier molecular flexibility index (Phi) is 29.3. The van der Waals surface area contributed by atoms with Crippen LogP contribution in [0.3, 0.4) is 0 Å². The van der Waals surface area contributed by atoms with Crippen molar-refractivity contribution in [3.8, 4) is 0 Å². The first-order valence-corrected chi connectivity index (χ1v) is 17.4. The Morgan fingerprint density at radius 2 is 1.38 bits per heavy atom. The number of esters is 1. The van der Waals surface area contributed by atoms with Gasteiger partial charge in [-0.15, -0.1) is 0 Å². The van der Waals surface area contributed by atoms with E-state index in [0.29, 0.717) is 19.6 Å². The molecule has 11 nitrogen and oxygen atoms in total. The van der Waals surface area contributed by atoms with Gasteiger partial charge in [-0.25, -0.2) is 0 Å². The number of carbonyl (C=O) groups excluding carboxylic acids is 1. The van der Waals surface area contributed by atoms with E-state index < -0.39 is 24.4 Å². The van der Waals surface area contributed by atoms with Crippen molar-refractivity contribution < 1.29 is 53.3 Å². The molecule has 1 heterocycles. The van der Waals surface area contributed by atoms with Gasteiger partial charge < -0.3 is 48.5 Å². The maximum Gasteiger partial charge on any atom is 0.305 e. The van der Waals surface area contributed by atoms with Crippen LogP contribution in [0.1, 0.15) is 96.8 Å². The molecule has 0 spiro atoms. The first-order valence-electron chi connectivity index (χ1n) is 17.4.